The molecule has 0 saturated carbocycles. The molecule has 2 aromatic rings. The highest BCUT2D eigenvalue weighted by atomic mass is 35.5. The van der Waals surface area contributed by atoms with E-state index >= 15 is 0 Å². The number of aromatic nitrogens is 2. The van der Waals surface area contributed by atoms with Crippen molar-refractivity contribution < 1.29 is 13.2 Å². The molecule has 1 heterocycles. The van der Waals surface area contributed by atoms with Gasteiger partial charge in [0.2, 0.25) is 0 Å². The third-order valence-corrected chi connectivity index (χ3v) is 3.55. The van der Waals surface area contributed by atoms with Gasteiger partial charge in [-0.3, -0.25) is 4.68 Å². The first kappa shape index (κ1) is 15.9. The molecule has 2 N–H and O–H groups in total. The van der Waals surface area contributed by atoms with Crippen molar-refractivity contribution in [2.24, 2.45) is 5.73 Å². The van der Waals surface area contributed by atoms with Crippen LogP contribution in [0.15, 0.2) is 36.7 Å². The Balaban J connectivity index is 2.41. The lowest BCUT2D eigenvalue weighted by Crippen LogP contribution is -2.32. The van der Waals surface area contributed by atoms with Gasteiger partial charge in [0.25, 0.3) is 0 Å². The number of nitrogens with two attached hydrogens (primary N) is 1. The van der Waals surface area contributed by atoms with E-state index in [9.17, 15) is 13.2 Å². The van der Waals surface area contributed by atoms with Crippen LogP contribution in [0.4, 0.5) is 13.2 Å². The molecule has 1 aromatic heterocycles. The smallest absolute Gasteiger partial charge is 0.326 e. The summed E-state index contributed by atoms with van der Waals surface area (Å²) in [6.07, 6.45) is -2.02. The number of rotatable bonds is 4. The maximum absolute atomic E-state index is 12.7. The van der Waals surface area contributed by atoms with Crippen LogP contribution in [-0.2, 0) is 6.18 Å². The number of halogens is 4. The molecule has 1 aromatic carbocycles. The van der Waals surface area contributed by atoms with Crippen LogP contribution in [0.2, 0.25) is 5.02 Å². The molecular weight excluding hydrogens is 303 g/mol. The highest BCUT2D eigenvalue weighted by Gasteiger charge is 2.33. The number of hydrogen-bond acceptors (Lipinski definition) is 2. The first-order valence-electron chi connectivity index (χ1n) is 6.45. The second-order valence-electron chi connectivity index (χ2n) is 4.78. The van der Waals surface area contributed by atoms with E-state index in [1.54, 1.807) is 24.3 Å². The molecule has 0 aliphatic rings. The second kappa shape index (κ2) is 6.07. The SMILES string of the molecule is CCC(N)C(c1ccc(Cl)cc1)n1cc(C(F)(F)F)cn1. The third-order valence-electron chi connectivity index (χ3n) is 3.30. The maximum atomic E-state index is 12.7. The first-order chi connectivity index (χ1) is 9.82. The Bertz CT molecular complexity index is 592. The summed E-state index contributed by atoms with van der Waals surface area (Å²) in [7, 11) is 0. The van der Waals surface area contributed by atoms with Gasteiger partial charge >= 0.3 is 6.18 Å². The molecule has 0 aliphatic heterocycles. The predicted octanol–water partition coefficient (Wildman–Crippen LogP) is 3.88. The van der Waals surface area contributed by atoms with E-state index in [0.29, 0.717) is 11.4 Å². The Kier molecular flexibility index (Phi) is 4.58. The van der Waals surface area contributed by atoms with Crippen molar-refractivity contribution in [3.63, 3.8) is 0 Å². The molecule has 0 amide bonds. The summed E-state index contributed by atoms with van der Waals surface area (Å²) in [5.41, 5.74) is 6.04. The Labute approximate surface area is 125 Å². The second-order valence-corrected chi connectivity index (χ2v) is 5.21. The molecule has 0 saturated heterocycles. The number of nitrogens with zero attached hydrogens (tertiary/aromatic N) is 2. The Morgan fingerprint density at radius 3 is 2.38 bits per heavy atom. The van der Waals surface area contributed by atoms with Crippen LogP contribution in [0.5, 0.6) is 0 Å². The van der Waals surface area contributed by atoms with E-state index in [1.807, 2.05) is 6.92 Å². The van der Waals surface area contributed by atoms with Crippen LogP contribution < -0.4 is 5.73 Å². The van der Waals surface area contributed by atoms with Crippen LogP contribution >= 0.6 is 11.6 Å². The molecule has 0 spiro atoms. The summed E-state index contributed by atoms with van der Waals surface area (Å²) < 4.78 is 39.4. The molecule has 114 valence electrons. The van der Waals surface area contributed by atoms with Gasteiger partial charge in [-0.2, -0.15) is 18.3 Å². The van der Waals surface area contributed by atoms with Crippen molar-refractivity contribution in [2.45, 2.75) is 31.6 Å². The molecule has 0 aliphatic carbocycles. The molecule has 3 nitrogen and oxygen atoms in total. The van der Waals surface area contributed by atoms with Gasteiger partial charge in [-0.25, -0.2) is 0 Å². The van der Waals surface area contributed by atoms with Crippen molar-refractivity contribution in [1.29, 1.82) is 0 Å². The largest absolute Gasteiger partial charge is 0.419 e. The highest BCUT2D eigenvalue weighted by molar-refractivity contribution is 6.30. The zero-order chi connectivity index (χ0) is 15.6. The minimum Gasteiger partial charge on any atom is -0.326 e. The van der Waals surface area contributed by atoms with Gasteiger partial charge in [-0.1, -0.05) is 30.7 Å². The summed E-state index contributed by atoms with van der Waals surface area (Å²) in [4.78, 5) is 0. The average molecular weight is 318 g/mol. The molecule has 2 unspecified atom stereocenters. The summed E-state index contributed by atoms with van der Waals surface area (Å²) in [6.45, 7) is 1.88. The number of benzene rings is 1. The van der Waals surface area contributed by atoms with Gasteiger partial charge < -0.3 is 5.73 Å². The summed E-state index contributed by atoms with van der Waals surface area (Å²) in [6, 6.07) is 6.03. The summed E-state index contributed by atoms with van der Waals surface area (Å²) in [5.74, 6) is 0. The van der Waals surface area contributed by atoms with Crippen LogP contribution in [0, 0.1) is 0 Å². The molecule has 0 bridgehead atoms. The Hall–Kier alpha value is -1.53. The van der Waals surface area contributed by atoms with Crippen LogP contribution in [-0.4, -0.2) is 15.8 Å². The van der Waals surface area contributed by atoms with Crippen molar-refractivity contribution in [3.8, 4) is 0 Å². The fourth-order valence-electron chi connectivity index (χ4n) is 2.12. The standard InChI is InChI=1S/C14H15ClF3N3/c1-2-12(19)13(9-3-5-11(15)6-4-9)21-8-10(7-20-21)14(16,17)18/h3-8,12-13H,2,19H2,1H3. The maximum Gasteiger partial charge on any atom is 0.419 e. The van der Waals surface area contributed by atoms with Gasteiger partial charge in [0, 0.05) is 17.3 Å². The van der Waals surface area contributed by atoms with Crippen molar-refractivity contribution in [2.75, 3.05) is 0 Å². The quantitative estimate of drug-likeness (QED) is 0.930. The van der Waals surface area contributed by atoms with E-state index in [2.05, 4.69) is 5.10 Å². The molecule has 21 heavy (non-hydrogen) atoms. The van der Waals surface area contributed by atoms with Crippen LogP contribution in [0.3, 0.4) is 0 Å². The molecule has 0 radical (unpaired) electrons. The van der Waals surface area contributed by atoms with Crippen molar-refractivity contribution in [3.05, 3.63) is 52.8 Å². The fourth-order valence-corrected chi connectivity index (χ4v) is 2.24. The first-order valence-corrected chi connectivity index (χ1v) is 6.83. The molecule has 7 heteroatoms. The van der Waals surface area contributed by atoms with Crippen molar-refractivity contribution in [1.82, 2.24) is 9.78 Å². The van der Waals surface area contributed by atoms with E-state index in [0.717, 1.165) is 18.0 Å². The van der Waals surface area contributed by atoms with Gasteiger partial charge in [0.1, 0.15) is 0 Å². The van der Waals surface area contributed by atoms with Gasteiger partial charge in [-0.15, -0.1) is 0 Å². The lowest BCUT2D eigenvalue weighted by Gasteiger charge is -2.24. The Morgan fingerprint density at radius 1 is 1.29 bits per heavy atom. The highest BCUT2D eigenvalue weighted by Crippen LogP contribution is 2.31. The summed E-state index contributed by atoms with van der Waals surface area (Å²) >= 11 is 5.84. The topological polar surface area (TPSA) is 43.8 Å². The minimum absolute atomic E-state index is 0.354. The summed E-state index contributed by atoms with van der Waals surface area (Å²) in [5, 5.41) is 4.39. The van der Waals surface area contributed by atoms with E-state index in [4.69, 9.17) is 17.3 Å². The van der Waals surface area contributed by atoms with E-state index in [1.165, 1.54) is 4.68 Å². The lowest BCUT2D eigenvalue weighted by molar-refractivity contribution is -0.137. The number of alkyl halides is 3. The monoisotopic (exact) mass is 317 g/mol. The molecular formula is C14H15ClF3N3. The lowest BCUT2D eigenvalue weighted by atomic mass is 9.98. The van der Waals surface area contributed by atoms with Gasteiger partial charge in [0.05, 0.1) is 17.8 Å². The average Bonchev–Trinajstić information content (AvgIpc) is 2.90. The molecule has 2 rings (SSSR count). The van der Waals surface area contributed by atoms with Gasteiger partial charge in [-0.05, 0) is 24.1 Å². The Morgan fingerprint density at radius 2 is 1.90 bits per heavy atom. The number of hydrogen-bond donors (Lipinski definition) is 1. The minimum atomic E-state index is -4.42. The van der Waals surface area contributed by atoms with Gasteiger partial charge in [0.15, 0.2) is 0 Å². The van der Waals surface area contributed by atoms with Crippen LogP contribution in [0.25, 0.3) is 0 Å². The third kappa shape index (κ3) is 3.57. The molecule has 2 atom stereocenters. The fraction of sp³-hybridized carbons (Fsp3) is 0.357. The van der Waals surface area contributed by atoms with Crippen molar-refractivity contribution >= 4 is 11.6 Å². The van der Waals surface area contributed by atoms with E-state index in [-0.39, 0.29) is 6.04 Å². The zero-order valence-electron chi connectivity index (χ0n) is 11.3. The predicted molar refractivity (Wildman–Crippen MR) is 75.1 cm³/mol. The normalized spacial score (nSPS) is 15.0. The molecule has 0 fully saturated rings. The zero-order valence-corrected chi connectivity index (χ0v) is 12.1. The van der Waals surface area contributed by atoms with Crippen LogP contribution in [0.1, 0.15) is 30.5 Å². The van der Waals surface area contributed by atoms with E-state index < -0.39 is 17.8 Å².